The summed E-state index contributed by atoms with van der Waals surface area (Å²) in [4.78, 5) is 2.33. The fourth-order valence-electron chi connectivity index (χ4n) is 1.76. The summed E-state index contributed by atoms with van der Waals surface area (Å²) in [5.41, 5.74) is 2.91. The van der Waals surface area contributed by atoms with Crippen LogP contribution in [0.5, 0.6) is 0 Å². The number of rotatable bonds is 0. The van der Waals surface area contributed by atoms with Crippen LogP contribution in [0.1, 0.15) is 13.3 Å². The average molecular weight is 161 g/mol. The first-order chi connectivity index (χ1) is 5.77. The van der Waals surface area contributed by atoms with Crippen LogP contribution in [-0.2, 0) is 0 Å². The highest BCUT2D eigenvalue weighted by molar-refractivity contribution is 5.38. The third kappa shape index (κ3) is 1.20. The van der Waals surface area contributed by atoms with E-state index in [4.69, 9.17) is 0 Å². The number of likely N-dealkylation sites (N-methyl/N-ethyl adjacent to an activating group) is 1. The Kier molecular flexibility index (Phi) is 1.80. The minimum absolute atomic E-state index is 0.587. The van der Waals surface area contributed by atoms with Gasteiger partial charge in [0.15, 0.2) is 0 Å². The normalized spacial score (nSPS) is 27.8. The van der Waals surface area contributed by atoms with Crippen molar-refractivity contribution in [2.24, 2.45) is 5.92 Å². The quantitative estimate of drug-likeness (QED) is 0.527. The molecular weight excluding hydrogens is 146 g/mol. The van der Waals surface area contributed by atoms with Gasteiger partial charge in [0.25, 0.3) is 0 Å². The predicted molar refractivity (Wildman–Crippen MR) is 51.7 cm³/mol. The topological polar surface area (TPSA) is 3.24 Å². The first-order valence-corrected chi connectivity index (χ1v) is 4.58. The van der Waals surface area contributed by atoms with E-state index >= 15 is 0 Å². The Balaban J connectivity index is 2.33. The molecule has 1 atom stereocenters. The lowest BCUT2D eigenvalue weighted by Crippen LogP contribution is -2.11. The molecule has 2 rings (SSSR count). The molecule has 0 spiro atoms. The molecule has 2 aliphatic rings. The van der Waals surface area contributed by atoms with Crippen molar-refractivity contribution in [1.82, 2.24) is 4.90 Å². The van der Waals surface area contributed by atoms with E-state index in [9.17, 15) is 0 Å². The van der Waals surface area contributed by atoms with Crippen molar-refractivity contribution >= 4 is 0 Å². The summed E-state index contributed by atoms with van der Waals surface area (Å²) in [5.74, 6) is 0.587. The van der Waals surface area contributed by atoms with Crippen LogP contribution < -0.4 is 0 Å². The summed E-state index contributed by atoms with van der Waals surface area (Å²) in [5, 5.41) is 0. The summed E-state index contributed by atoms with van der Waals surface area (Å²) < 4.78 is 0. The molecule has 1 nitrogen and oxygen atoms in total. The van der Waals surface area contributed by atoms with E-state index in [0.717, 1.165) is 0 Å². The van der Waals surface area contributed by atoms with Crippen LogP contribution in [0, 0.1) is 5.92 Å². The summed E-state index contributed by atoms with van der Waals surface area (Å²) in [7, 11) is 2.16. The van der Waals surface area contributed by atoms with Crippen LogP contribution in [-0.4, -0.2) is 18.5 Å². The van der Waals surface area contributed by atoms with Gasteiger partial charge in [0, 0.05) is 19.3 Å². The van der Waals surface area contributed by atoms with E-state index in [-0.39, 0.29) is 0 Å². The number of hydrogen-bond donors (Lipinski definition) is 0. The van der Waals surface area contributed by atoms with Crippen molar-refractivity contribution in [2.45, 2.75) is 13.3 Å². The van der Waals surface area contributed by atoms with Gasteiger partial charge in [-0.25, -0.2) is 0 Å². The maximum atomic E-state index is 2.33. The molecule has 0 aromatic rings. The van der Waals surface area contributed by atoms with Crippen molar-refractivity contribution in [3.63, 3.8) is 0 Å². The fourth-order valence-corrected chi connectivity index (χ4v) is 1.76. The SMILES string of the molecule is CC1C=CC2=C(C=C1)N(C)CC2. The van der Waals surface area contributed by atoms with Crippen molar-refractivity contribution < 1.29 is 0 Å². The van der Waals surface area contributed by atoms with E-state index in [1.807, 2.05) is 0 Å². The molecule has 0 aromatic heterocycles. The molecule has 1 heterocycles. The fraction of sp³-hybridized carbons (Fsp3) is 0.455. The molecule has 12 heavy (non-hydrogen) atoms. The van der Waals surface area contributed by atoms with Crippen LogP contribution in [0.15, 0.2) is 35.6 Å². The maximum absolute atomic E-state index is 2.33. The standard InChI is InChI=1S/C11H15N/c1-9-3-5-10-7-8-12(2)11(10)6-4-9/h3-6,9H,7-8H2,1-2H3. The van der Waals surface area contributed by atoms with Crippen molar-refractivity contribution in [3.8, 4) is 0 Å². The lowest BCUT2D eigenvalue weighted by molar-refractivity contribution is 0.471. The van der Waals surface area contributed by atoms with Gasteiger partial charge in [0.05, 0.1) is 0 Å². The summed E-state index contributed by atoms with van der Waals surface area (Å²) in [6, 6.07) is 0. The van der Waals surface area contributed by atoms with Gasteiger partial charge in [-0.1, -0.05) is 25.2 Å². The highest BCUT2D eigenvalue weighted by Gasteiger charge is 2.16. The largest absolute Gasteiger partial charge is 0.374 e. The second-order valence-electron chi connectivity index (χ2n) is 3.66. The Bertz CT molecular complexity index is 271. The molecule has 1 unspecified atom stereocenters. The lowest BCUT2D eigenvalue weighted by atomic mass is 10.1. The number of hydrogen-bond acceptors (Lipinski definition) is 1. The monoisotopic (exact) mass is 161 g/mol. The molecule has 0 saturated carbocycles. The zero-order valence-corrected chi connectivity index (χ0v) is 7.75. The van der Waals surface area contributed by atoms with E-state index in [1.165, 1.54) is 24.2 Å². The average Bonchev–Trinajstić information content (AvgIpc) is 2.28. The second-order valence-corrected chi connectivity index (χ2v) is 3.66. The molecular formula is C11H15N. The van der Waals surface area contributed by atoms with Gasteiger partial charge >= 0.3 is 0 Å². The van der Waals surface area contributed by atoms with Gasteiger partial charge < -0.3 is 4.90 Å². The van der Waals surface area contributed by atoms with Gasteiger partial charge in [-0.3, -0.25) is 0 Å². The molecule has 1 aliphatic carbocycles. The molecule has 1 heteroatoms. The van der Waals surface area contributed by atoms with Crippen molar-refractivity contribution in [1.29, 1.82) is 0 Å². The third-order valence-electron chi connectivity index (χ3n) is 2.62. The smallest absolute Gasteiger partial charge is 0.0393 e. The van der Waals surface area contributed by atoms with Gasteiger partial charge in [-0.05, 0) is 24.0 Å². The van der Waals surface area contributed by atoms with Gasteiger partial charge in [0.2, 0.25) is 0 Å². The third-order valence-corrected chi connectivity index (χ3v) is 2.62. The van der Waals surface area contributed by atoms with Crippen LogP contribution >= 0.6 is 0 Å². The Morgan fingerprint density at radius 1 is 1.33 bits per heavy atom. The number of nitrogens with zero attached hydrogens (tertiary/aromatic N) is 1. The van der Waals surface area contributed by atoms with Gasteiger partial charge in [0.1, 0.15) is 0 Å². The highest BCUT2D eigenvalue weighted by atomic mass is 15.1. The molecule has 0 amide bonds. The predicted octanol–water partition coefficient (Wildman–Crippen LogP) is 2.34. The maximum Gasteiger partial charge on any atom is 0.0393 e. The molecule has 1 aliphatic heterocycles. The van der Waals surface area contributed by atoms with E-state index < -0.39 is 0 Å². The Morgan fingerprint density at radius 3 is 2.92 bits per heavy atom. The zero-order valence-electron chi connectivity index (χ0n) is 7.75. The van der Waals surface area contributed by atoms with Crippen LogP contribution in [0.3, 0.4) is 0 Å². The molecule has 0 aromatic carbocycles. The first kappa shape index (κ1) is 7.66. The lowest BCUT2D eigenvalue weighted by Gasteiger charge is -2.12. The molecule has 0 radical (unpaired) electrons. The van der Waals surface area contributed by atoms with Crippen LogP contribution in [0.4, 0.5) is 0 Å². The molecule has 0 N–H and O–H groups in total. The zero-order chi connectivity index (χ0) is 8.55. The van der Waals surface area contributed by atoms with E-state index in [1.54, 1.807) is 0 Å². The van der Waals surface area contributed by atoms with Gasteiger partial charge in [-0.15, -0.1) is 0 Å². The summed E-state index contributed by atoms with van der Waals surface area (Å²) >= 11 is 0. The minimum atomic E-state index is 0.587. The van der Waals surface area contributed by atoms with Gasteiger partial charge in [-0.2, -0.15) is 0 Å². The first-order valence-electron chi connectivity index (χ1n) is 4.58. The second kappa shape index (κ2) is 2.81. The Labute approximate surface area is 74.1 Å². The van der Waals surface area contributed by atoms with E-state index in [2.05, 4.69) is 43.2 Å². The summed E-state index contributed by atoms with van der Waals surface area (Å²) in [6.45, 7) is 3.39. The summed E-state index contributed by atoms with van der Waals surface area (Å²) in [6.07, 6.45) is 10.3. The van der Waals surface area contributed by atoms with Crippen LogP contribution in [0.2, 0.25) is 0 Å². The van der Waals surface area contributed by atoms with E-state index in [0.29, 0.717) is 5.92 Å². The number of allylic oxidation sites excluding steroid dienone is 4. The Hall–Kier alpha value is -0.980. The van der Waals surface area contributed by atoms with Crippen molar-refractivity contribution in [2.75, 3.05) is 13.6 Å². The minimum Gasteiger partial charge on any atom is -0.374 e. The molecule has 0 bridgehead atoms. The Morgan fingerprint density at radius 2 is 2.08 bits per heavy atom. The van der Waals surface area contributed by atoms with Crippen LogP contribution in [0.25, 0.3) is 0 Å². The molecule has 64 valence electrons. The van der Waals surface area contributed by atoms with Crippen molar-refractivity contribution in [3.05, 3.63) is 35.6 Å². The molecule has 0 fully saturated rings. The molecule has 0 saturated heterocycles. The highest BCUT2D eigenvalue weighted by Crippen LogP contribution is 2.26.